The number of hydrogen-bond donors (Lipinski definition) is 2. The maximum atomic E-state index is 10.9. The lowest BCUT2D eigenvalue weighted by atomic mass is 10.1. The molecule has 0 fully saturated rings. The molecule has 0 atom stereocenters. The zero-order chi connectivity index (χ0) is 28.6. The molecule has 0 aliphatic carbocycles. The fourth-order valence-corrected chi connectivity index (χ4v) is 4.90. The third-order valence-electron chi connectivity index (χ3n) is 3.95. The molecule has 2 aromatic rings. The Morgan fingerprint density at radius 2 is 1.32 bits per heavy atom. The number of rotatable bonds is 8. The number of ether oxygens (including phenoxy) is 4. The summed E-state index contributed by atoms with van der Waals surface area (Å²) in [6.45, 7) is 0.438. The van der Waals surface area contributed by atoms with Gasteiger partial charge in [0.2, 0.25) is 0 Å². The Labute approximate surface area is 242 Å². The van der Waals surface area contributed by atoms with Gasteiger partial charge in [-0.05, 0) is 80.6 Å². The Morgan fingerprint density at radius 1 is 0.838 bits per heavy atom. The van der Waals surface area contributed by atoms with Crippen LogP contribution in [0.5, 0.6) is 17.2 Å². The number of phosphoric ester groups is 1. The van der Waals surface area contributed by atoms with Crippen molar-refractivity contribution in [3.8, 4) is 17.2 Å². The second-order valence-corrected chi connectivity index (χ2v) is 9.85. The largest absolute Gasteiger partial charge is 0.780 e. The van der Waals surface area contributed by atoms with Crippen LogP contribution in [0.3, 0.4) is 0 Å². The summed E-state index contributed by atoms with van der Waals surface area (Å²) in [5, 5.41) is 0. The smallest absolute Gasteiger partial charge is 0.361 e. The van der Waals surface area contributed by atoms with Gasteiger partial charge in [-0.2, -0.15) is 0 Å². The van der Waals surface area contributed by atoms with Crippen LogP contribution >= 0.6 is 53.0 Å². The molecule has 0 aliphatic rings. The molecule has 12 nitrogen and oxygen atoms in total. The molecule has 0 unspecified atom stereocenters. The summed E-state index contributed by atoms with van der Waals surface area (Å²) in [6.07, 6.45) is 3.64. The third-order valence-corrected chi connectivity index (χ3v) is 5.98. The van der Waals surface area contributed by atoms with Gasteiger partial charge in [-0.1, -0.05) is 18.2 Å². The standard InChI is InChI=1S/C16H15I2O6P.2C3H7NO2/c1-22-14-6-5-10(9-15(14)24-25(19,20)21)3-4-11-7-12(17)16(23-2)13(18)8-11;2*1-6-3(5)2-4/h3-9H,1-2H3,(H2,19,20,21);2*2,4H2,1H3/b4-3-;;. The molecule has 0 saturated heterocycles. The molecule has 15 heteroatoms. The Balaban J connectivity index is 0.000000896. The molecule has 0 spiro atoms. The summed E-state index contributed by atoms with van der Waals surface area (Å²) in [5.41, 5.74) is 8.17. The van der Waals surface area contributed by atoms with Crippen LogP contribution in [-0.4, -0.2) is 53.5 Å². The van der Waals surface area contributed by atoms with E-state index in [-0.39, 0.29) is 36.5 Å². The average molecular weight is 766 g/mol. The highest BCUT2D eigenvalue weighted by atomic mass is 127. The van der Waals surface area contributed by atoms with Gasteiger partial charge in [-0.25, -0.2) is 9.59 Å². The maximum absolute atomic E-state index is 10.9. The normalized spacial score (nSPS) is 10.3. The molecule has 0 saturated carbocycles. The number of methoxy groups -OCH3 is 4. The number of esters is 2. The minimum absolute atomic E-state index is 0.142. The lowest BCUT2D eigenvalue weighted by Crippen LogP contribution is -2.54. The Morgan fingerprint density at radius 3 is 1.68 bits per heavy atom. The van der Waals surface area contributed by atoms with Crippen LogP contribution in [0.15, 0.2) is 30.3 Å². The van der Waals surface area contributed by atoms with E-state index in [1.165, 1.54) is 33.5 Å². The van der Waals surface area contributed by atoms with Crippen molar-refractivity contribution in [3.05, 3.63) is 48.6 Å². The first-order chi connectivity index (χ1) is 17.3. The van der Waals surface area contributed by atoms with Crippen molar-refractivity contribution in [1.29, 1.82) is 0 Å². The van der Waals surface area contributed by atoms with Crippen LogP contribution in [0.25, 0.3) is 12.2 Å². The van der Waals surface area contributed by atoms with E-state index in [0.717, 1.165) is 18.5 Å². The van der Waals surface area contributed by atoms with Gasteiger partial charge in [0.15, 0.2) is 24.6 Å². The van der Waals surface area contributed by atoms with E-state index in [9.17, 15) is 23.9 Å². The molecular weight excluding hydrogens is 737 g/mol. The van der Waals surface area contributed by atoms with Crippen molar-refractivity contribution in [2.45, 2.75) is 0 Å². The molecule has 2 aromatic carbocycles. The molecule has 206 valence electrons. The minimum atomic E-state index is -5.17. The van der Waals surface area contributed by atoms with Crippen LogP contribution in [0, 0.1) is 7.14 Å². The first-order valence-corrected chi connectivity index (χ1v) is 13.8. The monoisotopic (exact) mass is 766 g/mol. The number of phosphoric acid groups is 1. The topological polar surface area (TPSA) is 199 Å². The highest BCUT2D eigenvalue weighted by molar-refractivity contribution is 14.1. The van der Waals surface area contributed by atoms with Gasteiger partial charge >= 0.3 is 11.9 Å². The molecule has 6 N–H and O–H groups in total. The lowest BCUT2D eigenvalue weighted by Gasteiger charge is -2.29. The second-order valence-electron chi connectivity index (χ2n) is 6.45. The molecule has 0 radical (unpaired) electrons. The Bertz CT molecular complexity index is 1060. The van der Waals surface area contributed by atoms with E-state index in [1.807, 2.05) is 18.2 Å². The van der Waals surface area contributed by atoms with E-state index in [1.54, 1.807) is 19.3 Å². The number of carbonyl (C=O) groups is 2. The zero-order valence-corrected chi connectivity index (χ0v) is 25.9. The SMILES string of the molecule is COC(=O)C[NH3+].COC(=O)C[NH3+].COc1ccc(/C=C\c2cc(I)c(OC)c(I)c2)cc1OP(=O)([O-])[O-]. The highest BCUT2D eigenvalue weighted by Crippen LogP contribution is 2.37. The number of benzene rings is 2. The molecule has 0 aromatic heterocycles. The number of carbonyl (C=O) groups excluding carboxylic acids is 2. The predicted octanol–water partition coefficient (Wildman–Crippen LogP) is 0.0935. The Kier molecular flexibility index (Phi) is 17.4. The average Bonchev–Trinajstić information content (AvgIpc) is 2.86. The fraction of sp³-hybridized carbons (Fsp3) is 0.273. The summed E-state index contributed by atoms with van der Waals surface area (Å²) in [7, 11) is 0.499. The fourth-order valence-electron chi connectivity index (χ4n) is 2.26. The van der Waals surface area contributed by atoms with E-state index < -0.39 is 7.82 Å². The summed E-state index contributed by atoms with van der Waals surface area (Å²) in [4.78, 5) is 41.5. The van der Waals surface area contributed by atoms with Gasteiger partial charge in [0.05, 0.1) is 35.6 Å². The van der Waals surface area contributed by atoms with Crippen LogP contribution in [0.4, 0.5) is 0 Å². The molecule has 0 amide bonds. The van der Waals surface area contributed by atoms with Crippen LogP contribution < -0.4 is 35.3 Å². The van der Waals surface area contributed by atoms with Crippen molar-refractivity contribution < 1.29 is 58.9 Å². The van der Waals surface area contributed by atoms with Crippen molar-refractivity contribution in [3.63, 3.8) is 0 Å². The van der Waals surface area contributed by atoms with Gasteiger partial charge in [0.25, 0.3) is 0 Å². The summed E-state index contributed by atoms with van der Waals surface area (Å²) < 4.78 is 36.0. The molecule has 0 heterocycles. The van der Waals surface area contributed by atoms with Crippen molar-refractivity contribution in [1.82, 2.24) is 0 Å². The summed E-state index contributed by atoms with van der Waals surface area (Å²) in [6, 6.07) is 8.61. The first kappa shape index (κ1) is 35.0. The molecular formula is C22H29I2N2O10P. The van der Waals surface area contributed by atoms with Gasteiger partial charge in [-0.15, -0.1) is 0 Å². The van der Waals surface area contributed by atoms with E-state index in [4.69, 9.17) is 9.47 Å². The van der Waals surface area contributed by atoms with Crippen LogP contribution in [0.1, 0.15) is 11.1 Å². The van der Waals surface area contributed by atoms with Gasteiger partial charge in [-0.3, -0.25) is 0 Å². The van der Waals surface area contributed by atoms with E-state index in [0.29, 0.717) is 5.56 Å². The number of halogens is 2. The van der Waals surface area contributed by atoms with Crippen molar-refractivity contribution in [2.75, 3.05) is 41.5 Å². The second kappa shape index (κ2) is 18.3. The van der Waals surface area contributed by atoms with E-state index in [2.05, 4.69) is 70.6 Å². The maximum Gasteiger partial charge on any atom is 0.361 e. The lowest BCUT2D eigenvalue weighted by molar-refractivity contribution is -0.359. The summed E-state index contributed by atoms with van der Waals surface area (Å²) in [5.74, 6) is 0.305. The van der Waals surface area contributed by atoms with Crippen LogP contribution in [-0.2, 0) is 23.6 Å². The van der Waals surface area contributed by atoms with E-state index >= 15 is 0 Å². The summed E-state index contributed by atoms with van der Waals surface area (Å²) >= 11 is 4.39. The molecule has 37 heavy (non-hydrogen) atoms. The van der Waals surface area contributed by atoms with Gasteiger partial charge < -0.3 is 49.3 Å². The minimum Gasteiger partial charge on any atom is -0.780 e. The van der Waals surface area contributed by atoms with Gasteiger partial charge in [0.1, 0.15) is 13.6 Å². The van der Waals surface area contributed by atoms with Gasteiger partial charge in [0, 0.05) is 0 Å². The quantitative estimate of drug-likeness (QED) is 0.161. The predicted molar refractivity (Wildman–Crippen MR) is 148 cm³/mol. The third kappa shape index (κ3) is 14.5. The Hall–Kier alpha value is -1.95. The molecule has 0 aliphatic heterocycles. The number of quaternary nitrogens is 2. The van der Waals surface area contributed by atoms with Crippen molar-refractivity contribution >= 4 is 77.1 Å². The van der Waals surface area contributed by atoms with Crippen molar-refractivity contribution in [2.24, 2.45) is 0 Å². The van der Waals surface area contributed by atoms with Crippen LogP contribution in [0.2, 0.25) is 0 Å². The number of hydrogen-bond acceptors (Lipinski definition) is 10. The first-order valence-electron chi connectivity index (χ1n) is 10.2. The zero-order valence-electron chi connectivity index (χ0n) is 20.7. The highest BCUT2D eigenvalue weighted by Gasteiger charge is 2.08. The molecule has 2 rings (SSSR count). The molecule has 0 bridgehead atoms.